The van der Waals surface area contributed by atoms with Gasteiger partial charge in [-0.05, 0) is 41.8 Å². The molecule has 2 heterocycles. The lowest BCUT2D eigenvalue weighted by atomic mass is 9.64. The number of aliphatic imine (C=N–C) groups is 1. The van der Waals surface area contributed by atoms with E-state index in [1.807, 2.05) is 6.07 Å². The summed E-state index contributed by atoms with van der Waals surface area (Å²) in [4.78, 5) is 7.57. The molecule has 0 bridgehead atoms. The Morgan fingerprint density at radius 3 is 2.21 bits per heavy atom. The van der Waals surface area contributed by atoms with Gasteiger partial charge < -0.3 is 4.90 Å². The van der Waals surface area contributed by atoms with Crippen molar-refractivity contribution < 1.29 is 0 Å². The number of halogens is 1. The van der Waals surface area contributed by atoms with Gasteiger partial charge in [-0.1, -0.05) is 88.7 Å². The van der Waals surface area contributed by atoms with Crippen LogP contribution in [0.4, 0.5) is 0 Å². The maximum absolute atomic E-state index is 5.14. The SMILES string of the molecule is C[C@]1(c2ccccc2)C2=NC(c3ccccc3)=CCN2[C@@H]1c1ccc(Br)cc1. The van der Waals surface area contributed by atoms with Crippen LogP contribution in [-0.4, -0.2) is 17.3 Å². The van der Waals surface area contributed by atoms with Gasteiger partial charge in [0.25, 0.3) is 0 Å². The average molecular weight is 429 g/mol. The fourth-order valence-corrected chi connectivity index (χ4v) is 4.79. The van der Waals surface area contributed by atoms with E-state index in [1.165, 1.54) is 16.7 Å². The van der Waals surface area contributed by atoms with Crippen molar-refractivity contribution in [3.8, 4) is 0 Å². The molecule has 0 unspecified atom stereocenters. The molecule has 2 aliphatic rings. The van der Waals surface area contributed by atoms with Crippen LogP contribution >= 0.6 is 15.9 Å². The highest BCUT2D eigenvalue weighted by molar-refractivity contribution is 9.10. The molecule has 1 fully saturated rings. The van der Waals surface area contributed by atoms with E-state index in [4.69, 9.17) is 4.99 Å². The highest BCUT2D eigenvalue weighted by Crippen LogP contribution is 2.53. The summed E-state index contributed by atoms with van der Waals surface area (Å²) in [6.45, 7) is 3.21. The van der Waals surface area contributed by atoms with Crippen LogP contribution in [0.5, 0.6) is 0 Å². The smallest absolute Gasteiger partial charge is 0.119 e. The van der Waals surface area contributed by atoms with Gasteiger partial charge in [0, 0.05) is 11.0 Å². The summed E-state index contributed by atoms with van der Waals surface area (Å²) in [5.41, 5.74) is 4.74. The van der Waals surface area contributed by atoms with Crippen LogP contribution in [-0.2, 0) is 5.41 Å². The van der Waals surface area contributed by atoms with Gasteiger partial charge in [0.05, 0.1) is 17.2 Å². The number of amidine groups is 1. The van der Waals surface area contributed by atoms with E-state index in [9.17, 15) is 0 Å². The molecule has 28 heavy (non-hydrogen) atoms. The van der Waals surface area contributed by atoms with Gasteiger partial charge in [0.15, 0.2) is 0 Å². The first-order valence-electron chi connectivity index (χ1n) is 9.60. The van der Waals surface area contributed by atoms with Gasteiger partial charge in [-0.25, -0.2) is 4.99 Å². The molecule has 0 radical (unpaired) electrons. The number of rotatable bonds is 3. The van der Waals surface area contributed by atoms with Crippen LogP contribution in [0.15, 0.2) is 100 Å². The second-order valence-corrected chi connectivity index (χ2v) is 8.48. The molecule has 1 saturated heterocycles. The van der Waals surface area contributed by atoms with E-state index in [0.29, 0.717) is 0 Å². The maximum atomic E-state index is 5.14. The molecule has 3 heteroatoms. The van der Waals surface area contributed by atoms with Gasteiger partial charge >= 0.3 is 0 Å². The molecule has 0 aliphatic carbocycles. The second-order valence-electron chi connectivity index (χ2n) is 7.57. The van der Waals surface area contributed by atoms with Crippen LogP contribution in [0, 0.1) is 0 Å². The Morgan fingerprint density at radius 2 is 1.54 bits per heavy atom. The largest absolute Gasteiger partial charge is 0.347 e. The number of fused-ring (bicyclic) bond motifs is 1. The highest BCUT2D eigenvalue weighted by atomic mass is 79.9. The third-order valence-corrected chi connectivity index (χ3v) is 6.46. The van der Waals surface area contributed by atoms with E-state index in [2.05, 4.69) is 113 Å². The molecule has 0 aromatic heterocycles. The normalized spacial score (nSPS) is 23.4. The van der Waals surface area contributed by atoms with Crippen LogP contribution in [0.2, 0.25) is 0 Å². The average Bonchev–Trinajstić information content (AvgIpc) is 2.76. The molecular weight excluding hydrogens is 408 g/mol. The lowest BCUT2D eigenvalue weighted by Crippen LogP contribution is -2.65. The maximum Gasteiger partial charge on any atom is 0.119 e. The highest BCUT2D eigenvalue weighted by Gasteiger charge is 2.57. The first kappa shape index (κ1) is 17.4. The number of nitrogens with zero attached hydrogens (tertiary/aromatic N) is 2. The lowest BCUT2D eigenvalue weighted by molar-refractivity contribution is 0.167. The minimum Gasteiger partial charge on any atom is -0.347 e. The second kappa shape index (κ2) is 6.75. The standard InChI is InChI=1S/C25H21BrN2/c1-25(20-10-6-3-7-11-20)23(19-12-14-21(26)15-13-19)28-17-16-22(27-24(25)28)18-8-4-2-5-9-18/h2-16,23H,17H2,1H3/t23-,25-/m1/s1. The minimum absolute atomic E-state index is 0.149. The topological polar surface area (TPSA) is 15.6 Å². The molecule has 0 N–H and O–H groups in total. The predicted octanol–water partition coefficient (Wildman–Crippen LogP) is 6.22. The van der Waals surface area contributed by atoms with Gasteiger partial charge in [-0.15, -0.1) is 0 Å². The number of hydrogen-bond acceptors (Lipinski definition) is 2. The molecule has 3 aromatic rings. The van der Waals surface area contributed by atoms with Gasteiger partial charge in [0.2, 0.25) is 0 Å². The zero-order valence-corrected chi connectivity index (χ0v) is 17.3. The third-order valence-electron chi connectivity index (χ3n) is 5.93. The lowest BCUT2D eigenvalue weighted by Gasteiger charge is -2.59. The number of benzene rings is 3. The first-order chi connectivity index (χ1) is 13.7. The van der Waals surface area contributed by atoms with Crippen molar-refractivity contribution in [1.82, 2.24) is 4.90 Å². The zero-order chi connectivity index (χ0) is 19.1. The van der Waals surface area contributed by atoms with E-state index < -0.39 is 0 Å². The molecule has 0 spiro atoms. The van der Waals surface area contributed by atoms with Crippen molar-refractivity contribution in [2.24, 2.45) is 4.99 Å². The number of hydrogen-bond donors (Lipinski definition) is 0. The van der Waals surface area contributed by atoms with Gasteiger partial charge in [-0.2, -0.15) is 0 Å². The minimum atomic E-state index is -0.149. The zero-order valence-electron chi connectivity index (χ0n) is 15.7. The molecular formula is C25H21BrN2. The van der Waals surface area contributed by atoms with Crippen molar-refractivity contribution in [2.45, 2.75) is 18.4 Å². The summed E-state index contributed by atoms with van der Waals surface area (Å²) in [6.07, 6.45) is 2.25. The van der Waals surface area contributed by atoms with Crippen LogP contribution in [0.3, 0.4) is 0 Å². The summed E-state index contributed by atoms with van der Waals surface area (Å²) in [5.74, 6) is 1.16. The fraction of sp³-hybridized carbons (Fsp3) is 0.160. The Kier molecular flexibility index (Phi) is 4.21. The van der Waals surface area contributed by atoms with Crippen LogP contribution in [0.25, 0.3) is 5.70 Å². The summed E-state index contributed by atoms with van der Waals surface area (Å²) in [6, 6.07) is 30.2. The van der Waals surface area contributed by atoms with Crippen molar-refractivity contribution >= 4 is 27.5 Å². The molecule has 3 aromatic carbocycles. The van der Waals surface area contributed by atoms with E-state index in [-0.39, 0.29) is 11.5 Å². The first-order valence-corrected chi connectivity index (χ1v) is 10.4. The van der Waals surface area contributed by atoms with Crippen molar-refractivity contribution in [2.75, 3.05) is 6.54 Å². The van der Waals surface area contributed by atoms with Gasteiger partial charge in [0.1, 0.15) is 5.84 Å². The van der Waals surface area contributed by atoms with Crippen molar-refractivity contribution in [3.63, 3.8) is 0 Å². The summed E-state index contributed by atoms with van der Waals surface area (Å²) >= 11 is 3.56. The summed E-state index contributed by atoms with van der Waals surface area (Å²) in [5, 5.41) is 0. The van der Waals surface area contributed by atoms with Crippen molar-refractivity contribution in [1.29, 1.82) is 0 Å². The molecule has 2 nitrogen and oxygen atoms in total. The molecule has 138 valence electrons. The van der Waals surface area contributed by atoms with E-state index in [1.54, 1.807) is 0 Å². The molecule has 0 amide bonds. The molecule has 0 saturated carbocycles. The third kappa shape index (κ3) is 2.65. The van der Waals surface area contributed by atoms with E-state index >= 15 is 0 Å². The quantitative estimate of drug-likeness (QED) is 0.483. The molecule has 5 rings (SSSR count). The van der Waals surface area contributed by atoms with Crippen LogP contribution in [0.1, 0.15) is 29.7 Å². The Morgan fingerprint density at radius 1 is 0.893 bits per heavy atom. The predicted molar refractivity (Wildman–Crippen MR) is 119 cm³/mol. The van der Waals surface area contributed by atoms with Crippen molar-refractivity contribution in [3.05, 3.63) is 112 Å². The van der Waals surface area contributed by atoms with E-state index in [0.717, 1.165) is 22.6 Å². The molecule has 2 atom stereocenters. The Balaban J connectivity index is 1.61. The Bertz CT molecular complexity index is 1050. The monoisotopic (exact) mass is 428 g/mol. The Labute approximate surface area is 174 Å². The summed E-state index contributed by atoms with van der Waals surface area (Å²) < 4.78 is 1.11. The fourth-order valence-electron chi connectivity index (χ4n) is 4.53. The molecule has 2 aliphatic heterocycles. The van der Waals surface area contributed by atoms with Gasteiger partial charge in [-0.3, -0.25) is 0 Å². The van der Waals surface area contributed by atoms with Crippen LogP contribution < -0.4 is 0 Å². The summed E-state index contributed by atoms with van der Waals surface area (Å²) in [7, 11) is 0. The Hall–Kier alpha value is -2.65.